The molecule has 0 aliphatic carbocycles. The van der Waals surface area contributed by atoms with Crippen LogP contribution in [0.5, 0.6) is 0 Å². The van der Waals surface area contributed by atoms with Crippen molar-refractivity contribution in [2.45, 2.75) is 28.0 Å². The second kappa shape index (κ2) is 4.65. The number of rotatable bonds is 2. The lowest BCUT2D eigenvalue weighted by atomic mass is 10.3. The first-order valence-corrected chi connectivity index (χ1v) is 6.03. The molecule has 0 aliphatic heterocycles. The molecule has 1 aromatic rings. The van der Waals surface area contributed by atoms with Crippen LogP contribution in [0, 0.1) is 5.95 Å². The van der Waals surface area contributed by atoms with E-state index in [2.05, 4.69) is 10.3 Å². The Morgan fingerprint density at radius 1 is 1.19 bits per heavy atom. The largest absolute Gasteiger partial charge is 0.238 e. The lowest BCUT2D eigenvalue weighted by Crippen LogP contribution is -2.30. The van der Waals surface area contributed by atoms with Gasteiger partial charge < -0.3 is 0 Å². The summed E-state index contributed by atoms with van der Waals surface area (Å²) in [7, 11) is 0. The van der Waals surface area contributed by atoms with Crippen LogP contribution in [0.4, 0.5) is 4.39 Å². The molecule has 1 aromatic heterocycles. The molecule has 16 heavy (non-hydrogen) atoms. The maximum atomic E-state index is 13.8. The van der Waals surface area contributed by atoms with Crippen LogP contribution in [0.25, 0.3) is 0 Å². The minimum Gasteiger partial charge on any atom is -0.216 e. The maximum absolute atomic E-state index is 13.8. The molecule has 0 saturated heterocycles. The molecule has 1 rings (SSSR count). The van der Waals surface area contributed by atoms with E-state index in [0.717, 1.165) is 4.68 Å². The average molecular weight is 329 g/mol. The van der Waals surface area contributed by atoms with Gasteiger partial charge in [0.25, 0.3) is 0 Å². The summed E-state index contributed by atoms with van der Waals surface area (Å²) in [4.78, 5) is 0. The minimum atomic E-state index is -2.12. The first kappa shape index (κ1) is 14.6. The Balaban J connectivity index is 3.25. The van der Waals surface area contributed by atoms with E-state index in [4.69, 9.17) is 58.0 Å². The quantitative estimate of drug-likeness (QED) is 0.768. The Bertz CT molecular complexity index is 384. The molecule has 0 radical (unpaired) electrons. The molecule has 0 spiro atoms. The molecular formula is C7H7Cl5FN3. The molecule has 0 aliphatic rings. The van der Waals surface area contributed by atoms with Crippen LogP contribution in [-0.2, 0) is 4.33 Å². The van der Waals surface area contributed by atoms with Gasteiger partial charge in [-0.25, -0.2) is 4.68 Å². The number of nitrogens with zero attached hydrogens (tertiary/aromatic N) is 3. The zero-order valence-electron chi connectivity index (χ0n) is 8.19. The Labute approximate surface area is 117 Å². The van der Waals surface area contributed by atoms with E-state index in [1.807, 2.05) is 0 Å². The summed E-state index contributed by atoms with van der Waals surface area (Å²) in [5, 5.41) is 7.04. The standard InChI is InChI=1S/C7H7Cl5FN3/c1-3(2)16-5(13)4(14-15-16)6(8,9)7(10,11)12/h3H,1-2H3. The zero-order valence-corrected chi connectivity index (χ0v) is 12.0. The highest BCUT2D eigenvalue weighted by Crippen LogP contribution is 2.52. The normalized spacial score (nSPS) is 13.6. The predicted molar refractivity (Wildman–Crippen MR) is 64.0 cm³/mol. The fourth-order valence-electron chi connectivity index (χ4n) is 0.938. The molecule has 92 valence electrons. The summed E-state index contributed by atoms with van der Waals surface area (Å²) < 4.78 is 10.6. The number of halogens is 6. The lowest BCUT2D eigenvalue weighted by molar-refractivity contribution is 0.406. The molecule has 0 N–H and O–H groups in total. The third-order valence-corrected chi connectivity index (χ3v) is 4.14. The van der Waals surface area contributed by atoms with Crippen molar-refractivity contribution in [2.24, 2.45) is 0 Å². The van der Waals surface area contributed by atoms with Gasteiger partial charge in [-0.1, -0.05) is 63.2 Å². The first-order valence-electron chi connectivity index (χ1n) is 4.14. The molecule has 0 atom stereocenters. The smallest absolute Gasteiger partial charge is 0.216 e. The van der Waals surface area contributed by atoms with Gasteiger partial charge in [-0.3, -0.25) is 0 Å². The van der Waals surface area contributed by atoms with Crippen molar-refractivity contribution in [1.29, 1.82) is 0 Å². The molecule has 0 unspecified atom stereocenters. The van der Waals surface area contributed by atoms with E-state index < -0.39 is 19.8 Å². The van der Waals surface area contributed by atoms with Crippen molar-refractivity contribution in [2.75, 3.05) is 0 Å². The third kappa shape index (κ3) is 2.51. The first-order chi connectivity index (χ1) is 7.09. The summed E-state index contributed by atoms with van der Waals surface area (Å²) in [5.41, 5.74) is -0.412. The van der Waals surface area contributed by atoms with Crippen LogP contribution in [0.2, 0.25) is 0 Å². The number of hydrogen-bond acceptors (Lipinski definition) is 2. The fraction of sp³-hybridized carbons (Fsp3) is 0.714. The van der Waals surface area contributed by atoms with Crippen molar-refractivity contribution in [1.82, 2.24) is 15.0 Å². The van der Waals surface area contributed by atoms with Crippen LogP contribution in [0.3, 0.4) is 0 Å². The van der Waals surface area contributed by atoms with Crippen molar-refractivity contribution in [3.8, 4) is 0 Å². The van der Waals surface area contributed by atoms with E-state index in [1.165, 1.54) is 0 Å². The van der Waals surface area contributed by atoms with E-state index in [-0.39, 0.29) is 6.04 Å². The van der Waals surface area contributed by atoms with Crippen LogP contribution in [0.1, 0.15) is 25.6 Å². The van der Waals surface area contributed by atoms with Crippen LogP contribution < -0.4 is 0 Å². The topological polar surface area (TPSA) is 30.7 Å². The summed E-state index contributed by atoms with van der Waals surface area (Å²) in [6.45, 7) is 3.42. The van der Waals surface area contributed by atoms with Crippen LogP contribution >= 0.6 is 58.0 Å². The predicted octanol–water partition coefficient (Wildman–Crippen LogP) is 4.00. The molecule has 0 saturated carbocycles. The molecule has 3 nitrogen and oxygen atoms in total. The summed E-state index contributed by atoms with van der Waals surface area (Å²) in [6, 6.07) is -0.249. The summed E-state index contributed by atoms with van der Waals surface area (Å²) in [5.74, 6) is -0.827. The fourth-order valence-corrected chi connectivity index (χ4v) is 1.44. The molecule has 0 bridgehead atoms. The Kier molecular flexibility index (Phi) is 4.24. The molecule has 0 fully saturated rings. The lowest BCUT2D eigenvalue weighted by Gasteiger charge is -2.24. The minimum absolute atomic E-state index is 0.249. The van der Waals surface area contributed by atoms with Gasteiger partial charge in [-0.05, 0) is 13.8 Å². The summed E-state index contributed by atoms with van der Waals surface area (Å²) >= 11 is 28.2. The Hall–Kier alpha value is 0.520. The van der Waals surface area contributed by atoms with Crippen molar-refractivity contribution >= 4 is 58.0 Å². The van der Waals surface area contributed by atoms with Crippen LogP contribution in [-0.4, -0.2) is 18.8 Å². The van der Waals surface area contributed by atoms with E-state index >= 15 is 0 Å². The number of aromatic nitrogens is 3. The Morgan fingerprint density at radius 3 is 2.00 bits per heavy atom. The van der Waals surface area contributed by atoms with Gasteiger partial charge >= 0.3 is 0 Å². The zero-order chi connectivity index (χ0) is 12.7. The van der Waals surface area contributed by atoms with Crippen molar-refractivity contribution < 1.29 is 4.39 Å². The Morgan fingerprint density at radius 2 is 1.69 bits per heavy atom. The maximum Gasteiger partial charge on any atom is 0.238 e. The van der Waals surface area contributed by atoms with Crippen LogP contribution in [0.15, 0.2) is 0 Å². The van der Waals surface area contributed by atoms with Gasteiger partial charge in [0.15, 0.2) is 5.69 Å². The van der Waals surface area contributed by atoms with Crippen molar-refractivity contribution in [3.63, 3.8) is 0 Å². The molecule has 0 amide bonds. The monoisotopic (exact) mass is 327 g/mol. The molecule has 0 aromatic carbocycles. The second-order valence-electron chi connectivity index (χ2n) is 3.34. The highest BCUT2D eigenvalue weighted by atomic mass is 35.6. The summed E-state index contributed by atoms with van der Waals surface area (Å²) in [6.07, 6.45) is 0. The van der Waals surface area contributed by atoms with Gasteiger partial charge in [0.1, 0.15) is 0 Å². The van der Waals surface area contributed by atoms with Gasteiger partial charge in [-0.2, -0.15) is 4.39 Å². The van der Waals surface area contributed by atoms with Gasteiger partial charge in [-0.15, -0.1) is 5.10 Å². The van der Waals surface area contributed by atoms with Gasteiger partial charge in [0, 0.05) is 0 Å². The molecular weight excluding hydrogens is 322 g/mol. The second-order valence-corrected chi connectivity index (χ2v) is 6.95. The number of alkyl halides is 5. The van der Waals surface area contributed by atoms with Crippen molar-refractivity contribution in [3.05, 3.63) is 11.6 Å². The SMILES string of the molecule is CC(C)n1nnc(C(Cl)(Cl)C(Cl)(Cl)Cl)c1F. The third-order valence-electron chi connectivity index (χ3n) is 1.78. The highest BCUT2D eigenvalue weighted by Gasteiger charge is 2.51. The van der Waals surface area contributed by atoms with E-state index in [0.29, 0.717) is 0 Å². The molecule has 9 heteroatoms. The molecule has 1 heterocycles. The van der Waals surface area contributed by atoms with Gasteiger partial charge in [0.2, 0.25) is 14.1 Å². The van der Waals surface area contributed by atoms with E-state index in [9.17, 15) is 4.39 Å². The number of hydrogen-bond donors (Lipinski definition) is 0. The van der Waals surface area contributed by atoms with Gasteiger partial charge in [0.05, 0.1) is 6.04 Å². The highest BCUT2D eigenvalue weighted by molar-refractivity contribution is 6.75. The van der Waals surface area contributed by atoms with E-state index in [1.54, 1.807) is 13.8 Å². The average Bonchev–Trinajstić information content (AvgIpc) is 2.44.